The van der Waals surface area contributed by atoms with Crippen LogP contribution in [0.4, 0.5) is 9.18 Å². The minimum absolute atomic E-state index is 0.135. The fourth-order valence-electron chi connectivity index (χ4n) is 1.74. The van der Waals surface area contributed by atoms with E-state index in [0.29, 0.717) is 16.6 Å². The number of halogens is 2. The van der Waals surface area contributed by atoms with Gasteiger partial charge in [-0.25, -0.2) is 9.18 Å². The van der Waals surface area contributed by atoms with Gasteiger partial charge in [-0.05, 0) is 56.6 Å². The highest BCUT2D eigenvalue weighted by Crippen LogP contribution is 2.33. The largest absolute Gasteiger partial charge is 0.490 e. The standard InChI is InChI=1S/C15H21BrFNO3/c1-6-20-13-10(7-8-11(16)12(13)17)9(2)18-14(19)21-15(3,4)5/h7-9H,6H2,1-5H3,(H,18,19). The summed E-state index contributed by atoms with van der Waals surface area (Å²) in [6.45, 7) is 9.19. The molecule has 21 heavy (non-hydrogen) atoms. The number of carbonyl (C=O) groups excluding carboxylic acids is 1. The fourth-order valence-corrected chi connectivity index (χ4v) is 2.05. The van der Waals surface area contributed by atoms with Gasteiger partial charge >= 0.3 is 6.09 Å². The van der Waals surface area contributed by atoms with E-state index in [1.165, 1.54) is 0 Å². The number of nitrogens with one attached hydrogen (secondary N) is 1. The quantitative estimate of drug-likeness (QED) is 0.853. The number of hydrogen-bond donors (Lipinski definition) is 1. The van der Waals surface area contributed by atoms with Crippen LogP contribution in [0.1, 0.15) is 46.2 Å². The lowest BCUT2D eigenvalue weighted by Gasteiger charge is -2.23. The highest BCUT2D eigenvalue weighted by Gasteiger charge is 2.22. The van der Waals surface area contributed by atoms with Gasteiger partial charge in [0.15, 0.2) is 11.6 Å². The minimum atomic E-state index is -0.586. The molecule has 0 aliphatic heterocycles. The Labute approximate surface area is 133 Å². The van der Waals surface area contributed by atoms with E-state index >= 15 is 0 Å². The number of ether oxygens (including phenoxy) is 2. The third-order valence-corrected chi connectivity index (χ3v) is 3.18. The van der Waals surface area contributed by atoms with Crippen LogP contribution in [0.25, 0.3) is 0 Å². The van der Waals surface area contributed by atoms with Crippen LogP contribution in [0.5, 0.6) is 5.75 Å². The van der Waals surface area contributed by atoms with E-state index in [-0.39, 0.29) is 5.75 Å². The van der Waals surface area contributed by atoms with Crippen molar-refractivity contribution in [3.8, 4) is 5.75 Å². The van der Waals surface area contributed by atoms with Gasteiger partial charge in [0.25, 0.3) is 0 Å². The molecule has 6 heteroatoms. The summed E-state index contributed by atoms with van der Waals surface area (Å²) in [5, 5.41) is 2.68. The van der Waals surface area contributed by atoms with Gasteiger partial charge in [0.1, 0.15) is 5.60 Å². The molecule has 0 spiro atoms. The van der Waals surface area contributed by atoms with Crippen molar-refractivity contribution in [2.45, 2.75) is 46.3 Å². The van der Waals surface area contributed by atoms with Gasteiger partial charge in [-0.1, -0.05) is 6.07 Å². The molecule has 0 aromatic heterocycles. The number of alkyl carbamates (subject to hydrolysis) is 1. The number of hydrogen-bond acceptors (Lipinski definition) is 3. The van der Waals surface area contributed by atoms with Crippen molar-refractivity contribution in [2.24, 2.45) is 0 Å². The lowest BCUT2D eigenvalue weighted by molar-refractivity contribution is 0.0507. The Bertz CT molecular complexity index is 514. The van der Waals surface area contributed by atoms with Crippen molar-refractivity contribution in [3.63, 3.8) is 0 Å². The first-order valence-electron chi connectivity index (χ1n) is 6.76. The molecule has 0 saturated carbocycles. The Morgan fingerprint density at radius 1 is 1.43 bits per heavy atom. The van der Waals surface area contributed by atoms with E-state index in [2.05, 4.69) is 21.2 Å². The van der Waals surface area contributed by atoms with Crippen molar-refractivity contribution in [2.75, 3.05) is 6.61 Å². The molecule has 1 aromatic carbocycles. The van der Waals surface area contributed by atoms with Gasteiger partial charge in [-0.3, -0.25) is 0 Å². The molecule has 4 nitrogen and oxygen atoms in total. The average Bonchev–Trinajstić information content (AvgIpc) is 2.32. The van der Waals surface area contributed by atoms with Gasteiger partial charge in [0.05, 0.1) is 17.1 Å². The van der Waals surface area contributed by atoms with E-state index in [1.807, 2.05) is 0 Å². The predicted molar refractivity (Wildman–Crippen MR) is 83.1 cm³/mol. The molecule has 0 bridgehead atoms. The molecule has 1 amide bonds. The first-order valence-corrected chi connectivity index (χ1v) is 7.55. The van der Waals surface area contributed by atoms with E-state index in [4.69, 9.17) is 9.47 Å². The van der Waals surface area contributed by atoms with Crippen LogP contribution in [0.2, 0.25) is 0 Å². The molecule has 1 rings (SSSR count). The Kier molecular flexibility index (Phi) is 6.01. The molecule has 0 fully saturated rings. The Hall–Kier alpha value is -1.30. The summed E-state index contributed by atoms with van der Waals surface area (Å²) in [4.78, 5) is 11.8. The lowest BCUT2D eigenvalue weighted by Crippen LogP contribution is -2.34. The second-order valence-electron chi connectivity index (χ2n) is 5.58. The van der Waals surface area contributed by atoms with E-state index in [9.17, 15) is 9.18 Å². The zero-order chi connectivity index (χ0) is 16.2. The zero-order valence-electron chi connectivity index (χ0n) is 12.9. The summed E-state index contributed by atoms with van der Waals surface area (Å²) in [7, 11) is 0. The summed E-state index contributed by atoms with van der Waals surface area (Å²) in [6.07, 6.45) is -0.555. The third-order valence-electron chi connectivity index (χ3n) is 2.57. The van der Waals surface area contributed by atoms with Crippen LogP contribution < -0.4 is 10.1 Å². The zero-order valence-corrected chi connectivity index (χ0v) is 14.5. The molecule has 0 radical (unpaired) electrons. The van der Waals surface area contributed by atoms with Gasteiger partial charge < -0.3 is 14.8 Å². The molecule has 118 valence electrons. The van der Waals surface area contributed by atoms with Crippen molar-refractivity contribution in [3.05, 3.63) is 28.0 Å². The van der Waals surface area contributed by atoms with Crippen molar-refractivity contribution >= 4 is 22.0 Å². The summed E-state index contributed by atoms with van der Waals surface area (Å²) in [5.41, 5.74) is -0.0271. The molecular formula is C15H21BrFNO3. The first kappa shape index (κ1) is 17.8. The molecule has 1 unspecified atom stereocenters. The Balaban J connectivity index is 2.94. The van der Waals surface area contributed by atoms with E-state index in [1.54, 1.807) is 46.8 Å². The van der Waals surface area contributed by atoms with Crippen LogP contribution in [0, 0.1) is 5.82 Å². The van der Waals surface area contributed by atoms with Gasteiger partial charge in [0, 0.05) is 5.56 Å². The topological polar surface area (TPSA) is 47.6 Å². The molecule has 0 aliphatic carbocycles. The summed E-state index contributed by atoms with van der Waals surface area (Å²) >= 11 is 3.12. The molecule has 1 aromatic rings. The first-order chi connectivity index (χ1) is 9.65. The second-order valence-corrected chi connectivity index (χ2v) is 6.43. The molecule has 0 heterocycles. The van der Waals surface area contributed by atoms with Gasteiger partial charge in [-0.2, -0.15) is 0 Å². The summed E-state index contributed by atoms with van der Waals surface area (Å²) in [5.74, 6) is -0.345. The third kappa shape index (κ3) is 5.19. The molecule has 1 N–H and O–H groups in total. The van der Waals surface area contributed by atoms with Gasteiger partial charge in [0.2, 0.25) is 0 Å². The van der Waals surface area contributed by atoms with Crippen molar-refractivity contribution < 1.29 is 18.7 Å². The molecule has 0 saturated heterocycles. The summed E-state index contributed by atoms with van der Waals surface area (Å²) in [6, 6.07) is 2.85. The second kappa shape index (κ2) is 7.11. The number of amides is 1. The van der Waals surface area contributed by atoms with Crippen molar-refractivity contribution in [1.82, 2.24) is 5.32 Å². The van der Waals surface area contributed by atoms with E-state index < -0.39 is 23.6 Å². The molecule has 0 aliphatic rings. The maximum Gasteiger partial charge on any atom is 0.408 e. The number of benzene rings is 1. The van der Waals surface area contributed by atoms with Crippen LogP contribution >= 0.6 is 15.9 Å². The van der Waals surface area contributed by atoms with Crippen LogP contribution in [0.3, 0.4) is 0 Å². The smallest absolute Gasteiger partial charge is 0.408 e. The summed E-state index contributed by atoms with van der Waals surface area (Å²) < 4.78 is 25.0. The lowest BCUT2D eigenvalue weighted by atomic mass is 10.1. The van der Waals surface area contributed by atoms with Gasteiger partial charge in [-0.15, -0.1) is 0 Å². The van der Waals surface area contributed by atoms with Crippen molar-refractivity contribution in [1.29, 1.82) is 0 Å². The minimum Gasteiger partial charge on any atom is -0.490 e. The number of carbonyl (C=O) groups is 1. The molecular weight excluding hydrogens is 341 g/mol. The monoisotopic (exact) mass is 361 g/mol. The predicted octanol–water partition coefficient (Wildman–Crippen LogP) is 4.57. The number of rotatable bonds is 4. The maximum absolute atomic E-state index is 14.1. The highest BCUT2D eigenvalue weighted by atomic mass is 79.9. The Morgan fingerprint density at radius 2 is 2.05 bits per heavy atom. The van der Waals surface area contributed by atoms with Crippen LogP contribution in [0.15, 0.2) is 16.6 Å². The maximum atomic E-state index is 14.1. The highest BCUT2D eigenvalue weighted by molar-refractivity contribution is 9.10. The molecule has 1 atom stereocenters. The van der Waals surface area contributed by atoms with E-state index in [0.717, 1.165) is 0 Å². The Morgan fingerprint density at radius 3 is 2.57 bits per heavy atom. The normalized spacial score (nSPS) is 12.7. The van der Waals surface area contributed by atoms with Crippen LogP contribution in [-0.4, -0.2) is 18.3 Å². The average molecular weight is 362 g/mol. The van der Waals surface area contributed by atoms with Crippen LogP contribution in [-0.2, 0) is 4.74 Å². The SMILES string of the molecule is CCOc1c(C(C)NC(=O)OC(C)(C)C)ccc(Br)c1F. The fraction of sp³-hybridized carbons (Fsp3) is 0.533.